The van der Waals surface area contributed by atoms with Crippen LogP contribution in [0.25, 0.3) is 11.0 Å². The second-order valence-corrected chi connectivity index (χ2v) is 4.03. The number of amides is 1. The van der Waals surface area contributed by atoms with E-state index in [9.17, 15) is 9.18 Å². The van der Waals surface area contributed by atoms with Gasteiger partial charge in [-0.1, -0.05) is 0 Å². The zero-order valence-corrected chi connectivity index (χ0v) is 9.87. The van der Waals surface area contributed by atoms with Gasteiger partial charge in [-0.15, -0.1) is 0 Å². The van der Waals surface area contributed by atoms with E-state index in [2.05, 4.69) is 5.43 Å². The standard InChI is InChI=1S/C12H13FN2O2/c1-7-9-6-8(13)4-5-10(9)17-11(7)12(16)14-15(2)3/h4-6H,1-3H3,(H,14,16). The number of hydrogen-bond acceptors (Lipinski definition) is 3. The van der Waals surface area contributed by atoms with Gasteiger partial charge in [-0.05, 0) is 25.1 Å². The van der Waals surface area contributed by atoms with E-state index in [-0.39, 0.29) is 17.5 Å². The highest BCUT2D eigenvalue weighted by molar-refractivity contribution is 5.98. The maximum absolute atomic E-state index is 13.1. The van der Waals surface area contributed by atoms with Crippen LogP contribution in [0.3, 0.4) is 0 Å². The van der Waals surface area contributed by atoms with Crippen molar-refractivity contribution in [1.29, 1.82) is 0 Å². The Morgan fingerprint density at radius 1 is 1.41 bits per heavy atom. The summed E-state index contributed by atoms with van der Waals surface area (Å²) in [5, 5.41) is 2.14. The number of nitrogens with zero attached hydrogens (tertiary/aromatic N) is 1. The fraction of sp³-hybridized carbons (Fsp3) is 0.250. The lowest BCUT2D eigenvalue weighted by Crippen LogP contribution is -2.36. The molecule has 1 aromatic carbocycles. The highest BCUT2D eigenvalue weighted by atomic mass is 19.1. The summed E-state index contributed by atoms with van der Waals surface area (Å²) < 4.78 is 18.5. The van der Waals surface area contributed by atoms with Gasteiger partial charge in [0.05, 0.1) is 0 Å². The molecule has 17 heavy (non-hydrogen) atoms. The number of hydrogen-bond donors (Lipinski definition) is 1. The second-order valence-electron chi connectivity index (χ2n) is 4.03. The lowest BCUT2D eigenvalue weighted by molar-refractivity contribution is 0.0829. The van der Waals surface area contributed by atoms with Gasteiger partial charge in [0, 0.05) is 25.0 Å². The zero-order valence-electron chi connectivity index (χ0n) is 9.87. The Morgan fingerprint density at radius 2 is 2.12 bits per heavy atom. The molecule has 0 fully saturated rings. The van der Waals surface area contributed by atoms with Gasteiger partial charge in [0.25, 0.3) is 0 Å². The average Bonchev–Trinajstić information content (AvgIpc) is 2.55. The van der Waals surface area contributed by atoms with Crippen molar-refractivity contribution < 1.29 is 13.6 Å². The van der Waals surface area contributed by atoms with Crippen LogP contribution in [-0.2, 0) is 0 Å². The average molecular weight is 236 g/mol. The normalized spacial score (nSPS) is 11.1. The van der Waals surface area contributed by atoms with Crippen molar-refractivity contribution in [3.8, 4) is 0 Å². The van der Waals surface area contributed by atoms with E-state index in [4.69, 9.17) is 4.42 Å². The van der Waals surface area contributed by atoms with E-state index in [1.54, 1.807) is 21.0 Å². The summed E-state index contributed by atoms with van der Waals surface area (Å²) >= 11 is 0. The Balaban J connectivity index is 2.49. The number of benzene rings is 1. The minimum Gasteiger partial charge on any atom is -0.451 e. The van der Waals surface area contributed by atoms with Crippen LogP contribution >= 0.6 is 0 Å². The lowest BCUT2D eigenvalue weighted by Gasteiger charge is -2.10. The Kier molecular flexibility index (Phi) is 2.85. The van der Waals surface area contributed by atoms with Gasteiger partial charge in [-0.3, -0.25) is 10.2 Å². The van der Waals surface area contributed by atoms with Crippen LogP contribution in [0.5, 0.6) is 0 Å². The van der Waals surface area contributed by atoms with Crippen molar-refractivity contribution in [3.63, 3.8) is 0 Å². The minimum absolute atomic E-state index is 0.208. The summed E-state index contributed by atoms with van der Waals surface area (Å²) in [5.41, 5.74) is 3.73. The molecule has 1 aromatic heterocycles. The lowest BCUT2D eigenvalue weighted by atomic mass is 10.1. The fourth-order valence-electron chi connectivity index (χ4n) is 1.66. The number of aryl methyl sites for hydroxylation is 1. The van der Waals surface area contributed by atoms with Gasteiger partial charge >= 0.3 is 5.91 Å². The third-order valence-electron chi connectivity index (χ3n) is 2.43. The molecule has 4 nitrogen and oxygen atoms in total. The molecule has 5 heteroatoms. The van der Waals surface area contributed by atoms with Gasteiger partial charge in [0.2, 0.25) is 0 Å². The van der Waals surface area contributed by atoms with Crippen LogP contribution in [0.2, 0.25) is 0 Å². The summed E-state index contributed by atoms with van der Waals surface area (Å²) in [5.74, 6) is -0.482. The Bertz CT molecular complexity index is 575. The Hall–Kier alpha value is -1.88. The quantitative estimate of drug-likeness (QED) is 0.812. The summed E-state index contributed by atoms with van der Waals surface area (Å²) in [7, 11) is 3.41. The summed E-state index contributed by atoms with van der Waals surface area (Å²) in [4.78, 5) is 11.8. The molecular formula is C12H13FN2O2. The molecule has 0 saturated heterocycles. The van der Waals surface area contributed by atoms with Crippen molar-refractivity contribution in [2.75, 3.05) is 14.1 Å². The van der Waals surface area contributed by atoms with Crippen LogP contribution < -0.4 is 5.43 Å². The highest BCUT2D eigenvalue weighted by Crippen LogP contribution is 2.25. The first-order valence-electron chi connectivity index (χ1n) is 5.16. The van der Waals surface area contributed by atoms with Crippen molar-refractivity contribution >= 4 is 16.9 Å². The molecular weight excluding hydrogens is 223 g/mol. The van der Waals surface area contributed by atoms with E-state index in [1.807, 2.05) is 0 Å². The van der Waals surface area contributed by atoms with Crippen molar-refractivity contribution in [1.82, 2.24) is 10.4 Å². The number of nitrogens with one attached hydrogen (secondary N) is 1. The summed E-state index contributed by atoms with van der Waals surface area (Å²) in [6.45, 7) is 1.73. The van der Waals surface area contributed by atoms with E-state index in [0.29, 0.717) is 16.5 Å². The van der Waals surface area contributed by atoms with Crippen LogP contribution in [0.4, 0.5) is 4.39 Å². The van der Waals surface area contributed by atoms with Crippen LogP contribution in [0.15, 0.2) is 22.6 Å². The molecule has 2 rings (SSSR count). The largest absolute Gasteiger partial charge is 0.451 e. The van der Waals surface area contributed by atoms with Crippen molar-refractivity contribution in [2.45, 2.75) is 6.92 Å². The van der Waals surface area contributed by atoms with E-state index < -0.39 is 0 Å². The van der Waals surface area contributed by atoms with Crippen LogP contribution in [0, 0.1) is 12.7 Å². The van der Waals surface area contributed by atoms with Crippen LogP contribution in [-0.4, -0.2) is 25.0 Å². The number of fused-ring (bicyclic) bond motifs is 1. The monoisotopic (exact) mass is 236 g/mol. The van der Waals surface area contributed by atoms with Crippen molar-refractivity contribution in [3.05, 3.63) is 35.3 Å². The van der Waals surface area contributed by atoms with E-state index in [1.165, 1.54) is 23.2 Å². The summed E-state index contributed by atoms with van der Waals surface area (Å²) in [6.07, 6.45) is 0. The van der Waals surface area contributed by atoms with Gasteiger partial charge < -0.3 is 4.42 Å². The number of furan rings is 1. The molecule has 0 aliphatic heterocycles. The molecule has 1 amide bonds. The first-order valence-corrected chi connectivity index (χ1v) is 5.16. The molecule has 0 spiro atoms. The molecule has 2 aromatic rings. The molecule has 0 atom stereocenters. The van der Waals surface area contributed by atoms with Gasteiger partial charge in [0.15, 0.2) is 5.76 Å². The smallest absolute Gasteiger partial charge is 0.301 e. The molecule has 0 saturated carbocycles. The number of carbonyl (C=O) groups is 1. The van der Waals surface area contributed by atoms with E-state index in [0.717, 1.165) is 0 Å². The fourth-order valence-corrected chi connectivity index (χ4v) is 1.66. The molecule has 1 heterocycles. The number of halogens is 1. The molecule has 0 radical (unpaired) electrons. The van der Waals surface area contributed by atoms with Gasteiger partial charge in [-0.25, -0.2) is 9.40 Å². The van der Waals surface area contributed by atoms with Crippen molar-refractivity contribution in [2.24, 2.45) is 0 Å². The maximum Gasteiger partial charge on any atom is 0.301 e. The number of hydrazine groups is 1. The molecule has 1 N–H and O–H groups in total. The second kappa shape index (κ2) is 4.18. The van der Waals surface area contributed by atoms with Gasteiger partial charge in [0.1, 0.15) is 11.4 Å². The third kappa shape index (κ3) is 2.14. The molecule has 0 aliphatic carbocycles. The maximum atomic E-state index is 13.1. The molecule has 0 aliphatic rings. The predicted octanol–water partition coefficient (Wildman–Crippen LogP) is 2.09. The molecule has 0 bridgehead atoms. The first kappa shape index (κ1) is 11.6. The Labute approximate surface area is 98.0 Å². The van der Waals surface area contributed by atoms with E-state index >= 15 is 0 Å². The molecule has 0 unspecified atom stereocenters. The van der Waals surface area contributed by atoms with Gasteiger partial charge in [-0.2, -0.15) is 0 Å². The third-order valence-corrected chi connectivity index (χ3v) is 2.43. The molecule has 90 valence electrons. The first-order chi connectivity index (χ1) is 7.99. The number of rotatable bonds is 2. The topological polar surface area (TPSA) is 45.5 Å². The van der Waals surface area contributed by atoms with Crippen LogP contribution in [0.1, 0.15) is 16.1 Å². The Morgan fingerprint density at radius 3 is 2.76 bits per heavy atom. The minimum atomic E-state index is -0.346. The number of carbonyl (C=O) groups excluding carboxylic acids is 1. The summed E-state index contributed by atoms with van der Waals surface area (Å²) in [6, 6.07) is 4.18. The highest BCUT2D eigenvalue weighted by Gasteiger charge is 2.18. The zero-order chi connectivity index (χ0) is 12.6. The SMILES string of the molecule is Cc1c(C(=O)NN(C)C)oc2ccc(F)cc12. The predicted molar refractivity (Wildman–Crippen MR) is 62.1 cm³/mol.